The average molecular weight is 319 g/mol. The minimum absolute atomic E-state index is 0.292. The van der Waals surface area contributed by atoms with Crippen molar-refractivity contribution in [3.05, 3.63) is 69.2 Å². The van der Waals surface area contributed by atoms with Gasteiger partial charge in [-0.2, -0.15) is 0 Å². The zero-order valence-corrected chi connectivity index (χ0v) is 12.1. The Morgan fingerprint density at radius 3 is 2.14 bits per heavy atom. The number of epoxide rings is 1. The van der Waals surface area contributed by atoms with Gasteiger partial charge in [0.05, 0.1) is 0 Å². The molecule has 0 aromatic heterocycles. The van der Waals surface area contributed by atoms with Crippen LogP contribution in [-0.2, 0) is 4.74 Å². The number of carbonyl (C=O) groups is 2. The molecular formula is C16H8Cl2O3. The van der Waals surface area contributed by atoms with Crippen molar-refractivity contribution in [2.75, 3.05) is 0 Å². The molecule has 1 heterocycles. The molecule has 1 atom stereocenters. The second kappa shape index (κ2) is 4.17. The van der Waals surface area contributed by atoms with Gasteiger partial charge < -0.3 is 4.74 Å². The van der Waals surface area contributed by atoms with Gasteiger partial charge >= 0.3 is 0 Å². The largest absolute Gasteiger partial charge is 0.344 e. The molecule has 104 valence electrons. The predicted octanol–water partition coefficient (Wildman–Crippen LogP) is 3.88. The van der Waals surface area contributed by atoms with Gasteiger partial charge in [0.15, 0.2) is 0 Å². The first-order valence-corrected chi connectivity index (χ1v) is 7.12. The summed E-state index contributed by atoms with van der Waals surface area (Å²) in [6.07, 6.45) is -0.644. The van der Waals surface area contributed by atoms with E-state index in [0.717, 1.165) is 0 Å². The van der Waals surface area contributed by atoms with Gasteiger partial charge in [-0.05, 0) is 12.1 Å². The molecule has 0 saturated carbocycles. The maximum Gasteiger partial charge on any atom is 0.224 e. The highest BCUT2D eigenvalue weighted by atomic mass is 35.5. The standard InChI is InChI=1S/C16H8Cl2O3/c17-8-5-6-11(12(18)7-8)15-16(21-15)13(19)9-3-1-2-4-10(9)14(16)20/h1-7,15H/t15-/m1/s1. The Morgan fingerprint density at radius 1 is 0.952 bits per heavy atom. The number of benzene rings is 2. The van der Waals surface area contributed by atoms with Gasteiger partial charge in [0, 0.05) is 26.7 Å². The summed E-state index contributed by atoms with van der Waals surface area (Å²) in [5, 5.41) is 0.881. The van der Waals surface area contributed by atoms with E-state index < -0.39 is 11.7 Å². The Balaban J connectivity index is 1.80. The summed E-state index contributed by atoms with van der Waals surface area (Å²) in [5.41, 5.74) is 0.00184. The molecule has 1 aliphatic carbocycles. The smallest absolute Gasteiger partial charge is 0.224 e. The molecule has 2 aromatic carbocycles. The summed E-state index contributed by atoms with van der Waals surface area (Å²) >= 11 is 12.0. The zero-order chi connectivity index (χ0) is 14.8. The number of Topliss-reactive ketones (excluding diaryl/α,β-unsaturated/α-hetero) is 2. The van der Waals surface area contributed by atoms with Crippen molar-refractivity contribution in [3.8, 4) is 0 Å². The molecule has 0 unspecified atom stereocenters. The lowest BCUT2D eigenvalue weighted by atomic mass is 9.94. The van der Waals surface area contributed by atoms with Crippen molar-refractivity contribution < 1.29 is 14.3 Å². The van der Waals surface area contributed by atoms with Gasteiger partial charge in [0.2, 0.25) is 17.2 Å². The number of hydrogen-bond acceptors (Lipinski definition) is 3. The summed E-state index contributed by atoms with van der Waals surface area (Å²) in [5.74, 6) is -0.585. The summed E-state index contributed by atoms with van der Waals surface area (Å²) < 4.78 is 5.55. The first-order valence-electron chi connectivity index (χ1n) is 6.37. The van der Waals surface area contributed by atoms with Crippen LogP contribution in [0.5, 0.6) is 0 Å². The maximum absolute atomic E-state index is 12.5. The Bertz CT molecular complexity index is 778. The second-order valence-electron chi connectivity index (χ2n) is 5.10. The first-order chi connectivity index (χ1) is 10.1. The molecule has 0 amide bonds. The Morgan fingerprint density at radius 2 is 1.57 bits per heavy atom. The highest BCUT2D eigenvalue weighted by molar-refractivity contribution is 6.36. The van der Waals surface area contributed by atoms with Crippen LogP contribution in [0.3, 0.4) is 0 Å². The van der Waals surface area contributed by atoms with Crippen LogP contribution in [0.4, 0.5) is 0 Å². The molecule has 1 saturated heterocycles. The van der Waals surface area contributed by atoms with Crippen molar-refractivity contribution >= 4 is 34.8 Å². The number of hydrogen-bond donors (Lipinski definition) is 0. The van der Waals surface area contributed by atoms with Crippen molar-refractivity contribution in [3.63, 3.8) is 0 Å². The summed E-state index contributed by atoms with van der Waals surface area (Å²) in [7, 11) is 0. The number of halogens is 2. The minimum Gasteiger partial charge on any atom is -0.344 e. The highest BCUT2D eigenvalue weighted by Crippen LogP contribution is 2.57. The van der Waals surface area contributed by atoms with Gasteiger partial charge in [-0.15, -0.1) is 0 Å². The van der Waals surface area contributed by atoms with Crippen molar-refractivity contribution in [2.24, 2.45) is 0 Å². The summed E-state index contributed by atoms with van der Waals surface area (Å²) in [6, 6.07) is 11.7. The van der Waals surface area contributed by atoms with Crippen molar-refractivity contribution in [1.29, 1.82) is 0 Å². The van der Waals surface area contributed by atoms with Gasteiger partial charge in [-0.3, -0.25) is 9.59 Å². The fourth-order valence-electron chi connectivity index (χ4n) is 2.88. The SMILES string of the molecule is O=C1c2ccccc2C(=O)C12O[C@@H]2c1ccc(Cl)cc1Cl. The fourth-order valence-corrected chi connectivity index (χ4v) is 3.38. The fraction of sp³-hybridized carbons (Fsp3) is 0.125. The lowest BCUT2D eigenvalue weighted by molar-refractivity contribution is 0.0785. The third-order valence-electron chi connectivity index (χ3n) is 3.95. The molecule has 21 heavy (non-hydrogen) atoms. The number of rotatable bonds is 1. The van der Waals surface area contributed by atoms with E-state index in [4.69, 9.17) is 27.9 Å². The van der Waals surface area contributed by atoms with E-state index in [0.29, 0.717) is 26.7 Å². The number of fused-ring (bicyclic) bond motifs is 1. The summed E-state index contributed by atoms with van der Waals surface area (Å²) in [6.45, 7) is 0. The molecule has 0 N–H and O–H groups in total. The van der Waals surface area contributed by atoms with E-state index in [9.17, 15) is 9.59 Å². The molecule has 1 spiro atoms. The van der Waals surface area contributed by atoms with Gasteiger partial charge in [0.1, 0.15) is 6.10 Å². The predicted molar refractivity (Wildman–Crippen MR) is 78.1 cm³/mol. The topological polar surface area (TPSA) is 46.7 Å². The maximum atomic E-state index is 12.5. The lowest BCUT2D eigenvalue weighted by Crippen LogP contribution is -2.27. The van der Waals surface area contributed by atoms with E-state index in [1.807, 2.05) is 0 Å². The normalized spacial score (nSPS) is 21.7. The van der Waals surface area contributed by atoms with Gasteiger partial charge in [-0.25, -0.2) is 0 Å². The number of ketones is 2. The molecule has 0 bridgehead atoms. The molecule has 2 aliphatic rings. The number of carbonyl (C=O) groups excluding carboxylic acids is 2. The van der Waals surface area contributed by atoms with Crippen molar-refractivity contribution in [1.82, 2.24) is 0 Å². The first kappa shape index (κ1) is 13.0. The molecule has 1 aliphatic heterocycles. The van der Waals surface area contributed by atoms with E-state index >= 15 is 0 Å². The van der Waals surface area contributed by atoms with Crippen LogP contribution in [0.25, 0.3) is 0 Å². The van der Waals surface area contributed by atoms with Crippen LogP contribution in [-0.4, -0.2) is 17.2 Å². The van der Waals surface area contributed by atoms with Gasteiger partial charge in [-0.1, -0.05) is 53.5 Å². The van der Waals surface area contributed by atoms with Crippen LogP contribution in [0, 0.1) is 0 Å². The van der Waals surface area contributed by atoms with E-state index in [2.05, 4.69) is 0 Å². The third kappa shape index (κ3) is 1.59. The van der Waals surface area contributed by atoms with Crippen molar-refractivity contribution in [2.45, 2.75) is 11.7 Å². The van der Waals surface area contributed by atoms with Crippen LogP contribution >= 0.6 is 23.2 Å². The lowest BCUT2D eigenvalue weighted by Gasteiger charge is -2.03. The van der Waals surface area contributed by atoms with E-state index in [-0.39, 0.29) is 11.6 Å². The second-order valence-corrected chi connectivity index (χ2v) is 5.95. The Hall–Kier alpha value is -1.68. The average Bonchev–Trinajstić information content (AvgIpc) is 3.17. The third-order valence-corrected chi connectivity index (χ3v) is 4.51. The molecule has 3 nitrogen and oxygen atoms in total. The Labute approximate surface area is 130 Å². The summed E-state index contributed by atoms with van der Waals surface area (Å²) in [4.78, 5) is 25.1. The van der Waals surface area contributed by atoms with E-state index in [1.165, 1.54) is 0 Å². The molecular weight excluding hydrogens is 311 g/mol. The molecule has 0 radical (unpaired) electrons. The molecule has 1 fully saturated rings. The van der Waals surface area contributed by atoms with E-state index in [1.54, 1.807) is 42.5 Å². The highest BCUT2D eigenvalue weighted by Gasteiger charge is 2.72. The quantitative estimate of drug-likeness (QED) is 0.592. The minimum atomic E-state index is -1.43. The number of ether oxygens (including phenoxy) is 1. The molecule has 4 rings (SSSR count). The van der Waals surface area contributed by atoms with Crippen LogP contribution in [0.2, 0.25) is 10.0 Å². The van der Waals surface area contributed by atoms with Crippen LogP contribution < -0.4 is 0 Å². The molecule has 2 aromatic rings. The van der Waals surface area contributed by atoms with Crippen LogP contribution in [0.15, 0.2) is 42.5 Å². The zero-order valence-electron chi connectivity index (χ0n) is 10.6. The van der Waals surface area contributed by atoms with Crippen LogP contribution in [0.1, 0.15) is 32.4 Å². The Kier molecular flexibility index (Phi) is 2.58. The monoisotopic (exact) mass is 318 g/mol. The van der Waals surface area contributed by atoms with Gasteiger partial charge in [0.25, 0.3) is 0 Å². The molecule has 5 heteroatoms.